The highest BCUT2D eigenvalue weighted by Gasteiger charge is 2.35. The average molecular weight is 464 g/mol. The van der Waals surface area contributed by atoms with Crippen LogP contribution in [0.15, 0.2) is 41.3 Å². The summed E-state index contributed by atoms with van der Waals surface area (Å²) in [4.78, 5) is 12.0. The van der Waals surface area contributed by atoms with E-state index < -0.39 is 32.4 Å². The smallest absolute Gasteiger partial charge is 0.363 e. The minimum Gasteiger partial charge on any atom is -0.363 e. The third kappa shape index (κ3) is 4.37. The molecule has 0 spiro atoms. The topological polar surface area (TPSA) is 83.8 Å². The Bertz CT molecular complexity index is 1080. The summed E-state index contributed by atoms with van der Waals surface area (Å²) in [6.45, 7) is 1.86. The second-order valence-corrected chi connectivity index (χ2v) is 9.10. The zero-order chi connectivity index (χ0) is 22.3. The second-order valence-electron chi connectivity index (χ2n) is 6.76. The number of hydrogen-bond acceptors (Lipinski definition) is 5. The molecule has 0 amide bonds. The Labute approximate surface area is 175 Å². The van der Waals surface area contributed by atoms with Crippen LogP contribution < -0.4 is 4.90 Å². The van der Waals surface area contributed by atoms with E-state index in [4.69, 9.17) is 11.6 Å². The van der Waals surface area contributed by atoms with E-state index >= 15 is 0 Å². The van der Waals surface area contributed by atoms with Gasteiger partial charge in [-0.05, 0) is 36.8 Å². The number of benzene rings is 2. The SMILES string of the molecule is Cc1ccc(Cl)cc1S(=O)(=O)N1CCN(c2ccc(C(F)(F)F)cc2[N+](=O)[O-])CC1. The number of piperazine rings is 1. The minimum atomic E-state index is -4.70. The van der Waals surface area contributed by atoms with Gasteiger partial charge in [0.15, 0.2) is 0 Å². The van der Waals surface area contributed by atoms with Gasteiger partial charge >= 0.3 is 6.18 Å². The van der Waals surface area contributed by atoms with Crippen molar-refractivity contribution in [2.24, 2.45) is 0 Å². The van der Waals surface area contributed by atoms with Crippen LogP contribution in [0.25, 0.3) is 0 Å². The Morgan fingerprint density at radius 1 is 1.07 bits per heavy atom. The lowest BCUT2D eigenvalue weighted by Crippen LogP contribution is -2.49. The molecule has 1 saturated heterocycles. The molecule has 2 aromatic carbocycles. The highest BCUT2D eigenvalue weighted by atomic mass is 35.5. The number of rotatable bonds is 4. The van der Waals surface area contributed by atoms with Crippen molar-refractivity contribution in [1.82, 2.24) is 4.31 Å². The van der Waals surface area contributed by atoms with Crippen LogP contribution in [-0.2, 0) is 16.2 Å². The van der Waals surface area contributed by atoms with Gasteiger partial charge in [-0.15, -0.1) is 0 Å². The normalized spacial score (nSPS) is 16.0. The highest BCUT2D eigenvalue weighted by molar-refractivity contribution is 7.89. The van der Waals surface area contributed by atoms with E-state index in [0.29, 0.717) is 11.6 Å². The molecule has 162 valence electrons. The first-order valence-corrected chi connectivity index (χ1v) is 10.6. The molecule has 3 rings (SSSR count). The maximum Gasteiger partial charge on any atom is 0.416 e. The zero-order valence-electron chi connectivity index (χ0n) is 15.7. The van der Waals surface area contributed by atoms with Gasteiger partial charge in [-0.25, -0.2) is 8.42 Å². The molecule has 0 N–H and O–H groups in total. The first-order valence-electron chi connectivity index (χ1n) is 8.78. The van der Waals surface area contributed by atoms with E-state index in [9.17, 15) is 31.7 Å². The zero-order valence-corrected chi connectivity index (χ0v) is 17.3. The van der Waals surface area contributed by atoms with Crippen LogP contribution in [0.3, 0.4) is 0 Å². The third-order valence-corrected chi connectivity index (χ3v) is 7.12. The van der Waals surface area contributed by atoms with Crippen LogP contribution in [0.5, 0.6) is 0 Å². The molecule has 0 atom stereocenters. The maximum absolute atomic E-state index is 12.9. The number of nitro groups is 1. The van der Waals surface area contributed by atoms with Gasteiger partial charge in [0, 0.05) is 37.3 Å². The second kappa shape index (κ2) is 8.05. The van der Waals surface area contributed by atoms with Gasteiger partial charge in [0.2, 0.25) is 10.0 Å². The van der Waals surface area contributed by atoms with E-state index in [1.54, 1.807) is 19.1 Å². The summed E-state index contributed by atoms with van der Waals surface area (Å²) in [5.41, 5.74) is -1.24. The van der Waals surface area contributed by atoms with Gasteiger partial charge < -0.3 is 4.90 Å². The number of sulfonamides is 1. The maximum atomic E-state index is 12.9. The van der Waals surface area contributed by atoms with Gasteiger partial charge in [0.25, 0.3) is 5.69 Å². The summed E-state index contributed by atoms with van der Waals surface area (Å²) in [7, 11) is -3.83. The van der Waals surface area contributed by atoms with E-state index in [1.807, 2.05) is 0 Å². The van der Waals surface area contributed by atoms with Crippen LogP contribution in [0.2, 0.25) is 5.02 Å². The molecular formula is C18H17ClF3N3O4S. The number of nitrogens with zero attached hydrogens (tertiary/aromatic N) is 3. The summed E-state index contributed by atoms with van der Waals surface area (Å²) in [6, 6.07) is 6.86. The van der Waals surface area contributed by atoms with Crippen LogP contribution in [0.4, 0.5) is 24.5 Å². The quantitative estimate of drug-likeness (QED) is 0.504. The van der Waals surface area contributed by atoms with Crippen molar-refractivity contribution in [3.63, 3.8) is 0 Å². The van der Waals surface area contributed by atoms with Crippen LogP contribution >= 0.6 is 11.6 Å². The van der Waals surface area contributed by atoms with Crippen LogP contribution in [0, 0.1) is 17.0 Å². The third-order valence-electron chi connectivity index (χ3n) is 4.85. The summed E-state index contributed by atoms with van der Waals surface area (Å²) >= 11 is 5.92. The number of anilines is 1. The molecule has 0 radical (unpaired) electrons. The van der Waals surface area contributed by atoms with Crippen molar-refractivity contribution in [3.8, 4) is 0 Å². The summed E-state index contributed by atoms with van der Waals surface area (Å²) in [5.74, 6) is 0. The fraction of sp³-hybridized carbons (Fsp3) is 0.333. The lowest BCUT2D eigenvalue weighted by Gasteiger charge is -2.35. The fourth-order valence-corrected chi connectivity index (χ4v) is 5.18. The van der Waals surface area contributed by atoms with Gasteiger partial charge in [0.1, 0.15) is 5.69 Å². The first-order chi connectivity index (χ1) is 13.9. The molecule has 1 fully saturated rings. The van der Waals surface area contributed by atoms with E-state index in [0.717, 1.165) is 12.1 Å². The minimum absolute atomic E-state index is 0.0176. The summed E-state index contributed by atoms with van der Waals surface area (Å²) in [6.07, 6.45) is -4.70. The molecule has 1 aliphatic heterocycles. The molecule has 0 unspecified atom stereocenters. The lowest BCUT2D eigenvalue weighted by atomic mass is 10.1. The Hall–Kier alpha value is -2.37. The number of halogens is 4. The Morgan fingerprint density at radius 3 is 2.27 bits per heavy atom. The molecular weight excluding hydrogens is 447 g/mol. The van der Waals surface area contributed by atoms with Gasteiger partial charge in [-0.1, -0.05) is 17.7 Å². The van der Waals surface area contributed by atoms with Crippen molar-refractivity contribution in [2.45, 2.75) is 18.0 Å². The van der Waals surface area contributed by atoms with Crippen LogP contribution in [0.1, 0.15) is 11.1 Å². The molecule has 0 bridgehead atoms. The molecule has 1 heterocycles. The number of alkyl halides is 3. The Morgan fingerprint density at radius 2 is 1.70 bits per heavy atom. The van der Waals surface area contributed by atoms with Crippen molar-refractivity contribution in [1.29, 1.82) is 0 Å². The fourth-order valence-electron chi connectivity index (χ4n) is 3.27. The molecule has 30 heavy (non-hydrogen) atoms. The number of nitro benzene ring substituents is 1. The predicted octanol–water partition coefficient (Wildman–Crippen LogP) is 4.09. The van der Waals surface area contributed by atoms with Crippen LogP contribution in [-0.4, -0.2) is 43.8 Å². The molecule has 12 heteroatoms. The van der Waals surface area contributed by atoms with Crippen molar-refractivity contribution in [3.05, 3.63) is 62.7 Å². The van der Waals surface area contributed by atoms with E-state index in [2.05, 4.69) is 0 Å². The molecule has 7 nitrogen and oxygen atoms in total. The summed E-state index contributed by atoms with van der Waals surface area (Å²) < 4.78 is 65.8. The predicted molar refractivity (Wildman–Crippen MR) is 105 cm³/mol. The summed E-state index contributed by atoms with van der Waals surface area (Å²) in [5, 5.41) is 11.6. The molecule has 0 aromatic heterocycles. The first kappa shape index (κ1) is 22.3. The largest absolute Gasteiger partial charge is 0.416 e. The van der Waals surface area contributed by atoms with E-state index in [1.165, 1.54) is 15.3 Å². The lowest BCUT2D eigenvalue weighted by molar-refractivity contribution is -0.384. The average Bonchev–Trinajstić information content (AvgIpc) is 2.68. The molecule has 0 saturated carbocycles. The highest BCUT2D eigenvalue weighted by Crippen LogP contribution is 2.37. The van der Waals surface area contributed by atoms with Crippen molar-refractivity contribution < 1.29 is 26.5 Å². The van der Waals surface area contributed by atoms with Gasteiger partial charge in [-0.3, -0.25) is 10.1 Å². The number of hydrogen-bond donors (Lipinski definition) is 0. The van der Waals surface area contributed by atoms with Crippen molar-refractivity contribution >= 4 is 33.0 Å². The Balaban J connectivity index is 1.83. The molecule has 1 aliphatic rings. The van der Waals surface area contributed by atoms with Gasteiger partial charge in [-0.2, -0.15) is 17.5 Å². The standard InChI is InChI=1S/C18H17ClF3N3O4S/c1-12-2-4-14(19)11-17(12)30(28,29)24-8-6-23(7-9-24)15-5-3-13(18(20,21)22)10-16(15)25(26)27/h2-5,10-11H,6-9H2,1H3. The number of aryl methyl sites for hydroxylation is 1. The Kier molecular flexibility index (Phi) is 5.99. The van der Waals surface area contributed by atoms with Crippen molar-refractivity contribution in [2.75, 3.05) is 31.1 Å². The monoisotopic (exact) mass is 463 g/mol. The molecule has 0 aliphatic carbocycles. The van der Waals surface area contributed by atoms with Gasteiger partial charge in [0.05, 0.1) is 15.4 Å². The van der Waals surface area contributed by atoms with E-state index in [-0.39, 0.29) is 41.8 Å². The molecule has 2 aromatic rings.